The van der Waals surface area contributed by atoms with Crippen LogP contribution < -0.4 is 10.2 Å². The SMILES string of the molecule is O=C(CN1C(=O)CC(c2ccco2)S(=O)(=O)c2ccccc21)Nc1cc(C(F)(F)F)ccc1Cl. The minimum Gasteiger partial charge on any atom is -0.468 e. The lowest BCUT2D eigenvalue weighted by Gasteiger charge is -2.22. The summed E-state index contributed by atoms with van der Waals surface area (Å²) >= 11 is 5.93. The van der Waals surface area contributed by atoms with Gasteiger partial charge in [-0.15, -0.1) is 0 Å². The number of nitrogens with one attached hydrogen (secondary N) is 1. The van der Waals surface area contributed by atoms with Crippen LogP contribution in [0.5, 0.6) is 0 Å². The third kappa shape index (κ3) is 4.53. The maximum atomic E-state index is 13.3. The van der Waals surface area contributed by atoms with Gasteiger partial charge in [-0.25, -0.2) is 8.42 Å². The summed E-state index contributed by atoms with van der Waals surface area (Å²) in [5.41, 5.74) is -1.33. The summed E-state index contributed by atoms with van der Waals surface area (Å²) in [5, 5.41) is 0.830. The van der Waals surface area contributed by atoms with Gasteiger partial charge < -0.3 is 14.6 Å². The predicted molar refractivity (Wildman–Crippen MR) is 117 cm³/mol. The first-order valence-corrected chi connectivity index (χ1v) is 11.7. The van der Waals surface area contributed by atoms with E-state index in [1.54, 1.807) is 0 Å². The number of alkyl halides is 3. The van der Waals surface area contributed by atoms with Gasteiger partial charge in [0.15, 0.2) is 9.84 Å². The lowest BCUT2D eigenvalue weighted by molar-refractivity contribution is -0.137. The van der Waals surface area contributed by atoms with Crippen LogP contribution in [0.3, 0.4) is 0 Å². The molecule has 12 heteroatoms. The maximum absolute atomic E-state index is 13.3. The van der Waals surface area contributed by atoms with Gasteiger partial charge in [0.2, 0.25) is 11.8 Å². The molecule has 1 unspecified atom stereocenters. The van der Waals surface area contributed by atoms with Gasteiger partial charge in [0.1, 0.15) is 17.6 Å². The van der Waals surface area contributed by atoms with Crippen LogP contribution in [0, 0.1) is 0 Å². The second-order valence-corrected chi connectivity index (χ2v) is 9.95. The van der Waals surface area contributed by atoms with Crippen molar-refractivity contribution in [2.45, 2.75) is 22.7 Å². The van der Waals surface area contributed by atoms with E-state index >= 15 is 0 Å². The van der Waals surface area contributed by atoms with Crippen molar-refractivity contribution in [1.82, 2.24) is 0 Å². The second-order valence-electron chi connectivity index (χ2n) is 7.44. The van der Waals surface area contributed by atoms with Crippen molar-refractivity contribution in [3.8, 4) is 0 Å². The highest BCUT2D eigenvalue weighted by atomic mass is 35.5. The Morgan fingerprint density at radius 1 is 1.15 bits per heavy atom. The smallest absolute Gasteiger partial charge is 0.416 e. The van der Waals surface area contributed by atoms with Crippen LogP contribution in [-0.2, 0) is 25.6 Å². The van der Waals surface area contributed by atoms with Gasteiger partial charge >= 0.3 is 6.18 Å². The first-order valence-electron chi connectivity index (χ1n) is 9.82. The van der Waals surface area contributed by atoms with Crippen LogP contribution in [0.2, 0.25) is 5.02 Å². The molecule has 0 saturated carbocycles. The van der Waals surface area contributed by atoms with Crippen molar-refractivity contribution in [2.24, 2.45) is 0 Å². The number of furan rings is 1. The number of carbonyl (C=O) groups is 2. The molecule has 7 nitrogen and oxygen atoms in total. The molecule has 2 heterocycles. The largest absolute Gasteiger partial charge is 0.468 e. The lowest BCUT2D eigenvalue weighted by atomic mass is 10.2. The number of carbonyl (C=O) groups excluding carboxylic acids is 2. The highest BCUT2D eigenvalue weighted by Gasteiger charge is 2.41. The summed E-state index contributed by atoms with van der Waals surface area (Å²) in [6, 6.07) is 11.0. The molecule has 1 atom stereocenters. The van der Waals surface area contributed by atoms with Gasteiger partial charge in [-0.05, 0) is 42.5 Å². The molecule has 1 N–H and O–H groups in total. The zero-order valence-electron chi connectivity index (χ0n) is 17.2. The Morgan fingerprint density at radius 2 is 1.88 bits per heavy atom. The lowest BCUT2D eigenvalue weighted by Crippen LogP contribution is -2.38. The van der Waals surface area contributed by atoms with Crippen molar-refractivity contribution in [1.29, 1.82) is 0 Å². The van der Waals surface area contributed by atoms with E-state index in [0.29, 0.717) is 6.07 Å². The molecule has 0 bridgehead atoms. The Balaban J connectivity index is 1.66. The van der Waals surface area contributed by atoms with Gasteiger partial charge in [0.25, 0.3) is 0 Å². The number of hydrogen-bond donors (Lipinski definition) is 1. The van der Waals surface area contributed by atoms with Crippen LogP contribution in [0.1, 0.15) is 23.0 Å². The molecule has 4 rings (SSSR count). The van der Waals surface area contributed by atoms with Crippen LogP contribution in [0.4, 0.5) is 24.5 Å². The van der Waals surface area contributed by atoms with E-state index in [0.717, 1.165) is 17.0 Å². The molecule has 0 spiro atoms. The first kappa shape index (κ1) is 23.8. The number of fused-ring (bicyclic) bond motifs is 1. The number of para-hydroxylation sites is 1. The van der Waals surface area contributed by atoms with Crippen molar-refractivity contribution < 1.29 is 35.6 Å². The summed E-state index contributed by atoms with van der Waals surface area (Å²) in [7, 11) is -4.07. The highest BCUT2D eigenvalue weighted by Crippen LogP contribution is 2.41. The molecule has 0 saturated heterocycles. The number of sulfone groups is 1. The summed E-state index contributed by atoms with van der Waals surface area (Å²) in [6.45, 7) is -0.650. The standard InChI is InChI=1S/C22H16ClF3N2O5S/c23-14-8-7-13(22(24,25)26)10-15(14)27-20(29)12-28-16-4-1-2-6-18(16)34(31,32)19(11-21(28)30)17-5-3-9-33-17/h1-10,19H,11-12H2,(H,27,29). The molecular formula is C22H16ClF3N2O5S. The number of amides is 2. The number of hydrogen-bond acceptors (Lipinski definition) is 5. The van der Waals surface area contributed by atoms with E-state index in [4.69, 9.17) is 16.0 Å². The third-order valence-corrected chi connectivity index (χ3v) is 7.66. The Bertz CT molecular complexity index is 1360. The molecule has 34 heavy (non-hydrogen) atoms. The topological polar surface area (TPSA) is 96.7 Å². The number of anilines is 2. The number of halogens is 4. The average Bonchev–Trinajstić information content (AvgIpc) is 3.28. The van der Waals surface area contributed by atoms with Crippen LogP contribution in [0.15, 0.2) is 70.2 Å². The fourth-order valence-electron chi connectivity index (χ4n) is 3.62. The van der Waals surface area contributed by atoms with E-state index in [9.17, 15) is 31.2 Å². The van der Waals surface area contributed by atoms with Crippen molar-refractivity contribution in [3.05, 3.63) is 77.2 Å². The Labute approximate surface area is 197 Å². The zero-order chi connectivity index (χ0) is 24.7. The van der Waals surface area contributed by atoms with Gasteiger partial charge in [-0.2, -0.15) is 13.2 Å². The fraction of sp³-hybridized carbons (Fsp3) is 0.182. The monoisotopic (exact) mass is 512 g/mol. The maximum Gasteiger partial charge on any atom is 0.416 e. The molecule has 0 fully saturated rings. The number of nitrogens with zero attached hydrogens (tertiary/aromatic N) is 1. The Morgan fingerprint density at radius 3 is 2.56 bits per heavy atom. The van der Waals surface area contributed by atoms with E-state index in [2.05, 4.69) is 5.32 Å². The zero-order valence-corrected chi connectivity index (χ0v) is 18.7. The Kier molecular flexibility index (Phi) is 6.17. The molecule has 1 aliphatic heterocycles. The third-order valence-electron chi connectivity index (χ3n) is 5.23. The van der Waals surface area contributed by atoms with E-state index in [1.165, 1.54) is 42.7 Å². The molecule has 1 aliphatic rings. The van der Waals surface area contributed by atoms with Gasteiger partial charge in [-0.1, -0.05) is 23.7 Å². The van der Waals surface area contributed by atoms with Crippen LogP contribution >= 0.6 is 11.6 Å². The average molecular weight is 513 g/mol. The van der Waals surface area contributed by atoms with Gasteiger partial charge in [-0.3, -0.25) is 9.59 Å². The molecular weight excluding hydrogens is 497 g/mol. The number of benzene rings is 2. The van der Waals surface area contributed by atoms with Crippen molar-refractivity contribution in [3.63, 3.8) is 0 Å². The Hall–Kier alpha value is -3.31. The summed E-state index contributed by atoms with van der Waals surface area (Å²) in [4.78, 5) is 26.6. The van der Waals surface area contributed by atoms with E-state index < -0.39 is 51.6 Å². The normalized spacial score (nSPS) is 17.7. The van der Waals surface area contributed by atoms with Gasteiger partial charge in [0.05, 0.1) is 39.5 Å². The summed E-state index contributed by atoms with van der Waals surface area (Å²) in [5.74, 6) is -1.47. The van der Waals surface area contributed by atoms with E-state index in [1.807, 2.05) is 0 Å². The minimum absolute atomic E-state index is 0.0214. The molecule has 178 valence electrons. The summed E-state index contributed by atoms with van der Waals surface area (Å²) < 4.78 is 70.9. The van der Waals surface area contributed by atoms with Crippen molar-refractivity contribution >= 4 is 44.6 Å². The quantitative estimate of drug-likeness (QED) is 0.539. The van der Waals surface area contributed by atoms with Gasteiger partial charge in [0, 0.05) is 0 Å². The molecule has 1 aromatic heterocycles. The number of rotatable bonds is 4. The second kappa shape index (κ2) is 8.80. The van der Waals surface area contributed by atoms with Crippen molar-refractivity contribution in [2.75, 3.05) is 16.8 Å². The van der Waals surface area contributed by atoms with E-state index in [-0.39, 0.29) is 27.1 Å². The first-order chi connectivity index (χ1) is 16.0. The molecule has 0 radical (unpaired) electrons. The van der Waals surface area contributed by atoms with Crippen LogP contribution in [0.25, 0.3) is 0 Å². The van der Waals surface area contributed by atoms with Crippen LogP contribution in [-0.4, -0.2) is 26.8 Å². The predicted octanol–water partition coefficient (Wildman–Crippen LogP) is 4.84. The highest BCUT2D eigenvalue weighted by molar-refractivity contribution is 7.91. The fourth-order valence-corrected chi connectivity index (χ4v) is 5.63. The summed E-state index contributed by atoms with van der Waals surface area (Å²) in [6.07, 6.45) is -3.86. The molecule has 2 aromatic carbocycles. The molecule has 2 amide bonds. The molecule has 0 aliphatic carbocycles. The molecule has 3 aromatic rings. The minimum atomic E-state index is -4.65.